The topological polar surface area (TPSA) is 118 Å². The molecule has 35 heavy (non-hydrogen) atoms. The van der Waals surface area contributed by atoms with Crippen LogP contribution in [0.5, 0.6) is 6.01 Å². The number of likely N-dealkylation sites (tertiary alicyclic amines) is 1. The maximum Gasteiger partial charge on any atom is 0.323 e. The van der Waals surface area contributed by atoms with E-state index in [1.54, 1.807) is 24.3 Å². The number of alkyl halides is 2. The lowest BCUT2D eigenvalue weighted by molar-refractivity contribution is -0.0256. The number of amides is 1. The molecule has 0 atom stereocenters. The van der Waals surface area contributed by atoms with Crippen LogP contribution in [0.15, 0.2) is 24.3 Å². The number of hydrogen-bond acceptors (Lipinski definition) is 8. The Morgan fingerprint density at radius 3 is 2.40 bits per heavy atom. The summed E-state index contributed by atoms with van der Waals surface area (Å²) in [5.74, 6) is -3.26. The Kier molecular flexibility index (Phi) is 8.76. The molecule has 1 aliphatic heterocycles. The second kappa shape index (κ2) is 11.6. The summed E-state index contributed by atoms with van der Waals surface area (Å²) in [5, 5.41) is 5.98. The number of rotatable bonds is 10. The lowest BCUT2D eigenvalue weighted by Gasteiger charge is -2.23. The van der Waals surface area contributed by atoms with E-state index in [2.05, 4.69) is 30.5 Å². The number of nitrogens with zero attached hydrogens (tertiary/aromatic N) is 4. The molecule has 1 aromatic heterocycles. The van der Waals surface area contributed by atoms with Gasteiger partial charge in [-0.05, 0) is 63.0 Å². The number of nitrogens with one attached hydrogen (secondary N) is 2. The number of hydrogen-bond donors (Lipinski definition) is 3. The van der Waals surface area contributed by atoms with E-state index in [0.29, 0.717) is 17.8 Å². The molecule has 0 bridgehead atoms. The summed E-state index contributed by atoms with van der Waals surface area (Å²) in [6.45, 7) is 7.93. The zero-order valence-corrected chi connectivity index (χ0v) is 20.6. The van der Waals surface area contributed by atoms with E-state index in [1.807, 2.05) is 13.8 Å². The summed E-state index contributed by atoms with van der Waals surface area (Å²) in [4.78, 5) is 26.7. The fourth-order valence-electron chi connectivity index (χ4n) is 3.87. The quantitative estimate of drug-likeness (QED) is 0.459. The smallest absolute Gasteiger partial charge is 0.323 e. The zero-order chi connectivity index (χ0) is 25.5. The highest BCUT2D eigenvalue weighted by molar-refractivity contribution is 5.94. The number of nitrogens with two attached hydrogens (primary N) is 1. The highest BCUT2D eigenvalue weighted by Crippen LogP contribution is 2.46. The van der Waals surface area contributed by atoms with Crippen molar-refractivity contribution in [2.24, 2.45) is 5.41 Å². The fraction of sp³-hybridized carbons (Fsp3) is 0.583. The Labute approximate surface area is 204 Å². The molecule has 2 fully saturated rings. The van der Waals surface area contributed by atoms with Crippen LogP contribution in [-0.4, -0.2) is 64.5 Å². The minimum Gasteiger partial charge on any atom is -0.457 e. The summed E-state index contributed by atoms with van der Waals surface area (Å²) in [6.07, 6.45) is 4.85. The number of aromatic nitrogens is 3. The van der Waals surface area contributed by atoms with Gasteiger partial charge in [0.05, 0.1) is 0 Å². The third-order valence-corrected chi connectivity index (χ3v) is 5.83. The average molecular weight is 492 g/mol. The summed E-state index contributed by atoms with van der Waals surface area (Å²) in [7, 11) is 0. The fourth-order valence-corrected chi connectivity index (χ4v) is 3.87. The normalized spacial score (nSPS) is 16.7. The molecule has 1 saturated carbocycles. The van der Waals surface area contributed by atoms with E-state index in [-0.39, 0.29) is 29.2 Å². The van der Waals surface area contributed by atoms with Crippen molar-refractivity contribution in [3.63, 3.8) is 0 Å². The predicted molar refractivity (Wildman–Crippen MR) is 131 cm³/mol. The van der Waals surface area contributed by atoms with Crippen molar-refractivity contribution in [3.05, 3.63) is 29.8 Å². The molecule has 0 radical (unpaired) electrons. The summed E-state index contributed by atoms with van der Waals surface area (Å²) < 4.78 is 30.9. The highest BCUT2D eigenvalue weighted by atomic mass is 19.3. The second-order valence-electron chi connectivity index (χ2n) is 9.03. The van der Waals surface area contributed by atoms with Gasteiger partial charge in [0.15, 0.2) is 6.61 Å². The molecule has 9 nitrogen and oxygen atoms in total. The second-order valence-corrected chi connectivity index (χ2v) is 9.03. The number of nitrogen functional groups attached to an aromatic ring is 1. The third-order valence-electron chi connectivity index (χ3n) is 5.83. The predicted octanol–water partition coefficient (Wildman–Crippen LogP) is 3.86. The molecular formula is C24H35F2N7O2. The van der Waals surface area contributed by atoms with Gasteiger partial charge in [-0.1, -0.05) is 13.8 Å². The van der Waals surface area contributed by atoms with Crippen LogP contribution >= 0.6 is 0 Å². The van der Waals surface area contributed by atoms with Gasteiger partial charge in [0, 0.05) is 36.7 Å². The molecule has 1 aromatic carbocycles. The Hall–Kier alpha value is -3.08. The van der Waals surface area contributed by atoms with Crippen LogP contribution in [-0.2, 0) is 0 Å². The van der Waals surface area contributed by atoms with Crippen LogP contribution in [0.25, 0.3) is 0 Å². The Morgan fingerprint density at radius 1 is 1.14 bits per heavy atom. The largest absolute Gasteiger partial charge is 0.457 e. The minimum absolute atomic E-state index is 0.0479. The molecule has 0 unspecified atom stereocenters. The molecule has 0 spiro atoms. The van der Waals surface area contributed by atoms with E-state index in [4.69, 9.17) is 10.5 Å². The van der Waals surface area contributed by atoms with Crippen molar-refractivity contribution in [1.82, 2.24) is 25.2 Å². The number of ether oxygens (including phenoxy) is 1. The van der Waals surface area contributed by atoms with Gasteiger partial charge in [0.2, 0.25) is 11.9 Å². The van der Waals surface area contributed by atoms with E-state index in [0.717, 1.165) is 39.4 Å². The van der Waals surface area contributed by atoms with E-state index >= 15 is 0 Å². The lowest BCUT2D eigenvalue weighted by Crippen LogP contribution is -2.37. The van der Waals surface area contributed by atoms with Crippen molar-refractivity contribution >= 4 is 23.5 Å². The molecular weight excluding hydrogens is 456 g/mol. The number of halogens is 2. The van der Waals surface area contributed by atoms with Crippen LogP contribution in [0, 0.1) is 5.41 Å². The summed E-state index contributed by atoms with van der Waals surface area (Å²) in [5.41, 5.74) is 6.98. The molecule has 1 amide bonds. The first-order valence-electron chi connectivity index (χ1n) is 12.1. The van der Waals surface area contributed by atoms with Gasteiger partial charge < -0.3 is 26.0 Å². The van der Waals surface area contributed by atoms with E-state index < -0.39 is 12.5 Å². The van der Waals surface area contributed by atoms with Crippen molar-refractivity contribution in [1.29, 1.82) is 0 Å². The molecule has 2 aromatic rings. The van der Waals surface area contributed by atoms with Crippen molar-refractivity contribution in [2.45, 2.75) is 52.4 Å². The van der Waals surface area contributed by atoms with E-state index in [9.17, 15) is 13.6 Å². The minimum atomic E-state index is -3.03. The molecule has 1 aliphatic carbocycles. The van der Waals surface area contributed by atoms with Gasteiger partial charge in [-0.15, -0.1) is 0 Å². The van der Waals surface area contributed by atoms with Gasteiger partial charge in [0.25, 0.3) is 11.8 Å². The van der Waals surface area contributed by atoms with Gasteiger partial charge in [-0.25, -0.2) is 8.78 Å². The monoisotopic (exact) mass is 491 g/mol. The lowest BCUT2D eigenvalue weighted by atomic mass is 10.1. The van der Waals surface area contributed by atoms with Crippen LogP contribution in [0.1, 0.15) is 56.8 Å². The SMILES string of the molecule is CC.CC(F)(F)COc1nc(N)nc(Nc2ccc(C(=O)NCC3(CN4CCCC4)CC3)cc2)n1. The van der Waals surface area contributed by atoms with Crippen LogP contribution in [0.3, 0.4) is 0 Å². The molecule has 2 aliphatic rings. The maximum atomic E-state index is 13.0. The van der Waals surface area contributed by atoms with Crippen molar-refractivity contribution < 1.29 is 18.3 Å². The molecule has 2 heterocycles. The number of carbonyl (C=O) groups excluding carboxylic acids is 1. The summed E-state index contributed by atoms with van der Waals surface area (Å²) in [6, 6.07) is 6.49. The Bertz CT molecular complexity index is 973. The zero-order valence-electron chi connectivity index (χ0n) is 20.6. The van der Waals surface area contributed by atoms with Crippen molar-refractivity contribution in [3.8, 4) is 6.01 Å². The van der Waals surface area contributed by atoms with Crippen LogP contribution in [0.4, 0.5) is 26.4 Å². The first-order valence-corrected chi connectivity index (χ1v) is 12.1. The number of benzene rings is 1. The molecule has 4 N–H and O–H groups in total. The van der Waals surface area contributed by atoms with E-state index in [1.165, 1.54) is 12.8 Å². The molecule has 192 valence electrons. The summed E-state index contributed by atoms with van der Waals surface area (Å²) >= 11 is 0. The van der Waals surface area contributed by atoms with Crippen LogP contribution in [0.2, 0.25) is 0 Å². The van der Waals surface area contributed by atoms with Gasteiger partial charge in [-0.2, -0.15) is 15.0 Å². The van der Waals surface area contributed by atoms with Gasteiger partial charge in [-0.3, -0.25) is 4.79 Å². The molecule has 11 heteroatoms. The Morgan fingerprint density at radius 2 is 1.80 bits per heavy atom. The first-order chi connectivity index (χ1) is 16.7. The molecule has 1 saturated heterocycles. The number of anilines is 3. The van der Waals surface area contributed by atoms with Gasteiger partial charge in [0.1, 0.15) is 0 Å². The first kappa shape index (κ1) is 26.5. The maximum absolute atomic E-state index is 13.0. The van der Waals surface area contributed by atoms with Crippen molar-refractivity contribution in [2.75, 3.05) is 43.8 Å². The highest BCUT2D eigenvalue weighted by Gasteiger charge is 2.44. The van der Waals surface area contributed by atoms with Gasteiger partial charge >= 0.3 is 6.01 Å². The Balaban J connectivity index is 0.00000167. The molecule has 4 rings (SSSR count). The number of carbonyl (C=O) groups is 1. The average Bonchev–Trinajstić information content (AvgIpc) is 3.39. The standard InChI is InChI=1S/C22H29F2N7O2.C2H6/c1-21(23,24)14-33-20-29-18(25)28-19(30-20)27-16-6-4-15(5-7-16)17(32)26-12-22(8-9-22)13-31-10-2-3-11-31;1-2/h4-7H,2-3,8-14H2,1H3,(H,26,32)(H3,25,27,28,29,30);1-2H3. The van der Waals surface area contributed by atoms with Crippen LogP contribution < -0.4 is 21.1 Å². The third kappa shape index (κ3) is 8.27.